The number of nitrogens with zero attached hydrogens (tertiary/aromatic N) is 1. The second-order valence-corrected chi connectivity index (χ2v) is 5.56. The van der Waals surface area contributed by atoms with E-state index in [1.165, 1.54) is 0 Å². The Bertz CT molecular complexity index is 503. The molecule has 0 radical (unpaired) electrons. The number of ether oxygens (including phenoxy) is 1. The van der Waals surface area contributed by atoms with Gasteiger partial charge in [0.1, 0.15) is 12.4 Å². The van der Waals surface area contributed by atoms with Gasteiger partial charge in [0.2, 0.25) is 5.91 Å². The van der Waals surface area contributed by atoms with E-state index in [4.69, 9.17) is 4.74 Å². The predicted octanol–water partition coefficient (Wildman–Crippen LogP) is 1.37. The van der Waals surface area contributed by atoms with Crippen LogP contribution in [0.1, 0.15) is 19.8 Å². The number of nitrogens with one attached hydrogen (secondary N) is 2. The predicted molar refractivity (Wildman–Crippen MR) is 83.7 cm³/mol. The van der Waals surface area contributed by atoms with Crippen LogP contribution in [0.5, 0.6) is 5.75 Å². The summed E-state index contributed by atoms with van der Waals surface area (Å²) in [4.78, 5) is 25.4. The van der Waals surface area contributed by atoms with E-state index in [1.807, 2.05) is 42.3 Å². The molecule has 1 aromatic rings. The molecule has 6 nitrogen and oxygen atoms in total. The Morgan fingerprint density at radius 1 is 1.32 bits per heavy atom. The van der Waals surface area contributed by atoms with E-state index in [-0.39, 0.29) is 11.9 Å². The van der Waals surface area contributed by atoms with Crippen molar-refractivity contribution in [3.63, 3.8) is 0 Å². The zero-order valence-electron chi connectivity index (χ0n) is 13.0. The number of carbonyl (C=O) groups excluding carboxylic acids is 2. The molecule has 0 heterocycles. The molecule has 2 N–H and O–H groups in total. The van der Waals surface area contributed by atoms with Crippen LogP contribution in [0.2, 0.25) is 0 Å². The number of imide groups is 1. The van der Waals surface area contributed by atoms with Crippen LogP contribution in [0.3, 0.4) is 0 Å². The summed E-state index contributed by atoms with van der Waals surface area (Å²) in [5.74, 6) is 0.497. The van der Waals surface area contributed by atoms with Gasteiger partial charge >= 0.3 is 6.03 Å². The van der Waals surface area contributed by atoms with Crippen molar-refractivity contribution in [1.82, 2.24) is 15.5 Å². The summed E-state index contributed by atoms with van der Waals surface area (Å²) < 4.78 is 5.60. The molecule has 0 saturated heterocycles. The molecule has 22 heavy (non-hydrogen) atoms. The van der Waals surface area contributed by atoms with Crippen molar-refractivity contribution in [3.8, 4) is 5.75 Å². The van der Waals surface area contributed by atoms with E-state index in [2.05, 4.69) is 10.6 Å². The van der Waals surface area contributed by atoms with Crippen LogP contribution in [-0.4, -0.2) is 49.1 Å². The molecule has 1 aromatic carbocycles. The lowest BCUT2D eigenvalue weighted by atomic mass is 10.3. The number of amides is 3. The highest BCUT2D eigenvalue weighted by Gasteiger charge is 2.25. The maximum absolute atomic E-state index is 12.0. The van der Waals surface area contributed by atoms with Crippen LogP contribution < -0.4 is 15.4 Å². The minimum Gasteiger partial charge on any atom is -0.492 e. The van der Waals surface area contributed by atoms with Crippen LogP contribution in [0, 0.1) is 0 Å². The van der Waals surface area contributed by atoms with Gasteiger partial charge in [-0.15, -0.1) is 0 Å². The molecule has 1 saturated carbocycles. The van der Waals surface area contributed by atoms with E-state index in [1.54, 1.807) is 6.92 Å². The average molecular weight is 305 g/mol. The fraction of sp³-hybridized carbons (Fsp3) is 0.500. The summed E-state index contributed by atoms with van der Waals surface area (Å²) >= 11 is 0. The summed E-state index contributed by atoms with van der Waals surface area (Å²) in [5.41, 5.74) is 0. The number of rotatable bonds is 7. The Labute approximate surface area is 130 Å². The Hall–Kier alpha value is -2.08. The highest BCUT2D eigenvalue weighted by atomic mass is 16.5. The van der Waals surface area contributed by atoms with Crippen molar-refractivity contribution in [2.45, 2.75) is 31.8 Å². The average Bonchev–Trinajstić information content (AvgIpc) is 3.31. The Morgan fingerprint density at radius 2 is 2.00 bits per heavy atom. The molecule has 1 atom stereocenters. The Kier molecular flexibility index (Phi) is 5.77. The lowest BCUT2D eigenvalue weighted by Crippen LogP contribution is -2.49. The van der Waals surface area contributed by atoms with Crippen LogP contribution in [-0.2, 0) is 4.79 Å². The van der Waals surface area contributed by atoms with Crippen molar-refractivity contribution in [1.29, 1.82) is 0 Å². The molecule has 2 rings (SSSR count). The number of carbonyl (C=O) groups is 2. The van der Waals surface area contributed by atoms with Crippen LogP contribution in [0.4, 0.5) is 4.79 Å². The summed E-state index contributed by atoms with van der Waals surface area (Å²) in [6.45, 7) is 2.84. The van der Waals surface area contributed by atoms with Crippen molar-refractivity contribution in [3.05, 3.63) is 30.3 Å². The van der Waals surface area contributed by atoms with Gasteiger partial charge in [-0.2, -0.15) is 0 Å². The molecule has 0 spiro atoms. The number of urea groups is 1. The Morgan fingerprint density at radius 3 is 2.64 bits per heavy atom. The van der Waals surface area contributed by atoms with Gasteiger partial charge in [-0.3, -0.25) is 15.0 Å². The van der Waals surface area contributed by atoms with Gasteiger partial charge in [0, 0.05) is 12.6 Å². The van der Waals surface area contributed by atoms with E-state index < -0.39 is 12.1 Å². The summed E-state index contributed by atoms with van der Waals surface area (Å²) in [6, 6.07) is 8.95. The number of hydrogen-bond donors (Lipinski definition) is 2. The van der Waals surface area contributed by atoms with Crippen molar-refractivity contribution in [2.24, 2.45) is 0 Å². The third kappa shape index (κ3) is 5.37. The second kappa shape index (κ2) is 7.79. The maximum atomic E-state index is 12.0. The molecule has 1 aliphatic rings. The number of para-hydroxylation sites is 1. The first-order valence-electron chi connectivity index (χ1n) is 7.55. The van der Waals surface area contributed by atoms with Gasteiger partial charge in [0.25, 0.3) is 0 Å². The van der Waals surface area contributed by atoms with Gasteiger partial charge in [0.05, 0.1) is 6.04 Å². The van der Waals surface area contributed by atoms with Crippen LogP contribution in [0.25, 0.3) is 0 Å². The highest BCUT2D eigenvalue weighted by Crippen LogP contribution is 2.18. The van der Waals surface area contributed by atoms with Gasteiger partial charge in [-0.05, 0) is 38.9 Å². The number of likely N-dealkylation sites (N-methyl/N-ethyl adjacent to an activating group) is 1. The zero-order valence-corrected chi connectivity index (χ0v) is 13.0. The van der Waals surface area contributed by atoms with Crippen molar-refractivity contribution in [2.75, 3.05) is 20.2 Å². The lowest BCUT2D eigenvalue weighted by molar-refractivity contribution is -0.124. The Balaban J connectivity index is 1.67. The monoisotopic (exact) mass is 305 g/mol. The van der Waals surface area contributed by atoms with Crippen molar-refractivity contribution < 1.29 is 14.3 Å². The molecule has 0 unspecified atom stereocenters. The zero-order chi connectivity index (χ0) is 15.9. The molecule has 1 fully saturated rings. The summed E-state index contributed by atoms with van der Waals surface area (Å²) in [6.07, 6.45) is 1.99. The molecule has 6 heteroatoms. The maximum Gasteiger partial charge on any atom is 0.321 e. The molecule has 120 valence electrons. The molecule has 0 bridgehead atoms. The van der Waals surface area contributed by atoms with Gasteiger partial charge < -0.3 is 10.1 Å². The third-order valence-electron chi connectivity index (χ3n) is 3.65. The molecule has 1 aliphatic carbocycles. The molecule has 0 aliphatic heterocycles. The number of benzene rings is 1. The van der Waals surface area contributed by atoms with Gasteiger partial charge in [-0.25, -0.2) is 4.79 Å². The molecule has 0 aromatic heterocycles. The quantitative estimate of drug-likeness (QED) is 0.798. The fourth-order valence-corrected chi connectivity index (χ4v) is 1.88. The summed E-state index contributed by atoms with van der Waals surface area (Å²) in [7, 11) is 1.83. The van der Waals surface area contributed by atoms with Gasteiger partial charge in [0.15, 0.2) is 0 Å². The fourth-order valence-electron chi connectivity index (χ4n) is 1.88. The first-order valence-corrected chi connectivity index (χ1v) is 7.55. The third-order valence-corrected chi connectivity index (χ3v) is 3.65. The van der Waals surface area contributed by atoms with E-state index in [0.717, 1.165) is 18.6 Å². The van der Waals surface area contributed by atoms with Gasteiger partial charge in [-0.1, -0.05) is 18.2 Å². The first-order chi connectivity index (χ1) is 10.6. The number of hydrogen-bond acceptors (Lipinski definition) is 4. The van der Waals surface area contributed by atoms with Crippen molar-refractivity contribution >= 4 is 11.9 Å². The topological polar surface area (TPSA) is 70.7 Å². The lowest BCUT2D eigenvalue weighted by Gasteiger charge is -2.23. The summed E-state index contributed by atoms with van der Waals surface area (Å²) in [5, 5.41) is 5.10. The largest absolute Gasteiger partial charge is 0.492 e. The second-order valence-electron chi connectivity index (χ2n) is 5.56. The minimum absolute atomic E-state index is 0.236. The SMILES string of the molecule is C[C@H](C(=O)NC(=O)NC1CC1)N(C)CCOc1ccccc1. The van der Waals surface area contributed by atoms with E-state index in [9.17, 15) is 9.59 Å². The minimum atomic E-state index is -0.409. The van der Waals surface area contributed by atoms with E-state index >= 15 is 0 Å². The first kappa shape index (κ1) is 16.3. The van der Waals surface area contributed by atoms with Crippen LogP contribution >= 0.6 is 0 Å². The van der Waals surface area contributed by atoms with E-state index in [0.29, 0.717) is 13.2 Å². The highest BCUT2D eigenvalue weighted by molar-refractivity contribution is 5.96. The molecular formula is C16H23N3O3. The van der Waals surface area contributed by atoms with Crippen LogP contribution in [0.15, 0.2) is 30.3 Å². The molecular weight excluding hydrogens is 282 g/mol. The molecule has 3 amide bonds. The normalized spacial score (nSPS) is 15.2. The standard InChI is InChI=1S/C16H23N3O3/c1-12(15(20)18-16(21)17-13-8-9-13)19(2)10-11-22-14-6-4-3-5-7-14/h3-7,12-13H,8-11H2,1-2H3,(H2,17,18,20,21)/t12-/m1/s1. The smallest absolute Gasteiger partial charge is 0.321 e.